The van der Waals surface area contributed by atoms with Gasteiger partial charge in [-0.05, 0) is 18.4 Å². The lowest BCUT2D eigenvalue weighted by Crippen LogP contribution is -2.16. The summed E-state index contributed by atoms with van der Waals surface area (Å²) in [6.07, 6.45) is 1.96. The third-order valence-electron chi connectivity index (χ3n) is 3.31. The Hall–Kier alpha value is -2.29. The van der Waals surface area contributed by atoms with Crippen LogP contribution in [0.15, 0.2) is 28.2 Å². The van der Waals surface area contributed by atoms with Crippen LogP contribution >= 0.6 is 11.8 Å². The Morgan fingerprint density at radius 2 is 2.29 bits per heavy atom. The summed E-state index contributed by atoms with van der Waals surface area (Å²) >= 11 is 1.34. The highest BCUT2D eigenvalue weighted by atomic mass is 32.2. The molecule has 1 heterocycles. The molecule has 110 valence electrons. The summed E-state index contributed by atoms with van der Waals surface area (Å²) in [5.41, 5.74) is 6.31. The minimum absolute atomic E-state index is 0.102. The fourth-order valence-electron chi connectivity index (χ4n) is 2.07. The number of hydrogen-bond donors (Lipinski definition) is 2. The van der Waals surface area contributed by atoms with Crippen LogP contribution in [0.3, 0.4) is 0 Å². The molecule has 0 radical (unpaired) electrons. The standard InChI is InChI=1S/C12H13N5O3S/c13-10-7(2-1-3-9(10)17(19)20)6-21-12-15-14-11(18)16(12)8-4-5-8/h1-3,8H,4-6,13H2,(H,14,18). The molecular weight excluding hydrogens is 294 g/mol. The Kier molecular flexibility index (Phi) is 3.42. The van der Waals surface area contributed by atoms with E-state index in [2.05, 4.69) is 10.2 Å². The zero-order chi connectivity index (χ0) is 15.0. The van der Waals surface area contributed by atoms with E-state index in [9.17, 15) is 14.9 Å². The SMILES string of the molecule is Nc1c(CSc2n[nH]c(=O)n2C2CC2)cccc1[N+](=O)[O-]. The predicted molar refractivity (Wildman–Crippen MR) is 78.2 cm³/mol. The van der Waals surface area contributed by atoms with E-state index in [1.807, 2.05) is 0 Å². The maximum Gasteiger partial charge on any atom is 0.344 e. The van der Waals surface area contributed by atoms with Gasteiger partial charge in [0.15, 0.2) is 5.16 Å². The van der Waals surface area contributed by atoms with E-state index in [1.54, 1.807) is 16.7 Å². The van der Waals surface area contributed by atoms with E-state index >= 15 is 0 Å². The zero-order valence-electron chi connectivity index (χ0n) is 11.0. The zero-order valence-corrected chi connectivity index (χ0v) is 11.8. The van der Waals surface area contributed by atoms with Crippen LogP contribution < -0.4 is 11.4 Å². The molecule has 0 bridgehead atoms. The Balaban J connectivity index is 1.81. The molecule has 0 atom stereocenters. The number of anilines is 1. The average molecular weight is 307 g/mol. The highest BCUT2D eigenvalue weighted by molar-refractivity contribution is 7.98. The molecule has 8 nitrogen and oxygen atoms in total. The monoisotopic (exact) mass is 307 g/mol. The molecule has 1 aromatic carbocycles. The van der Waals surface area contributed by atoms with Crippen molar-refractivity contribution in [3.8, 4) is 0 Å². The summed E-state index contributed by atoms with van der Waals surface area (Å²) in [5, 5.41) is 17.9. The van der Waals surface area contributed by atoms with Crippen LogP contribution in [0.1, 0.15) is 24.4 Å². The number of nitro benzene ring substituents is 1. The van der Waals surface area contributed by atoms with Crippen LogP contribution in [-0.4, -0.2) is 19.7 Å². The van der Waals surface area contributed by atoms with Crippen molar-refractivity contribution < 1.29 is 4.92 Å². The van der Waals surface area contributed by atoms with Crippen LogP contribution in [-0.2, 0) is 5.75 Å². The van der Waals surface area contributed by atoms with E-state index in [-0.39, 0.29) is 23.1 Å². The van der Waals surface area contributed by atoms with Gasteiger partial charge in [0.25, 0.3) is 5.69 Å². The summed E-state index contributed by atoms with van der Waals surface area (Å²) in [6, 6.07) is 4.93. The smallest absolute Gasteiger partial charge is 0.344 e. The van der Waals surface area contributed by atoms with Gasteiger partial charge in [-0.1, -0.05) is 23.9 Å². The van der Waals surface area contributed by atoms with Crippen molar-refractivity contribution in [2.24, 2.45) is 0 Å². The summed E-state index contributed by atoms with van der Waals surface area (Å²) in [5.74, 6) is 0.421. The molecule has 0 spiro atoms. The molecule has 0 aliphatic heterocycles. The first-order valence-electron chi connectivity index (χ1n) is 6.39. The number of benzene rings is 1. The van der Waals surface area contributed by atoms with Crippen molar-refractivity contribution in [3.63, 3.8) is 0 Å². The summed E-state index contributed by atoms with van der Waals surface area (Å²) < 4.78 is 1.64. The van der Waals surface area contributed by atoms with Gasteiger partial charge in [-0.25, -0.2) is 9.89 Å². The van der Waals surface area contributed by atoms with Gasteiger partial charge >= 0.3 is 5.69 Å². The number of para-hydroxylation sites is 1. The van der Waals surface area contributed by atoms with Crippen LogP contribution in [0.4, 0.5) is 11.4 Å². The number of nitrogens with two attached hydrogens (primary N) is 1. The lowest BCUT2D eigenvalue weighted by atomic mass is 10.2. The van der Waals surface area contributed by atoms with Crippen molar-refractivity contribution in [1.29, 1.82) is 0 Å². The molecule has 3 N–H and O–H groups in total. The van der Waals surface area contributed by atoms with Gasteiger partial charge < -0.3 is 5.73 Å². The fraction of sp³-hybridized carbons (Fsp3) is 0.333. The number of aromatic nitrogens is 3. The van der Waals surface area contributed by atoms with Gasteiger partial charge in [-0.3, -0.25) is 14.7 Å². The molecule has 0 amide bonds. The highest BCUT2D eigenvalue weighted by Gasteiger charge is 2.28. The quantitative estimate of drug-likeness (QED) is 0.375. The van der Waals surface area contributed by atoms with Gasteiger partial charge in [0, 0.05) is 17.9 Å². The van der Waals surface area contributed by atoms with Crippen LogP contribution in [0.25, 0.3) is 0 Å². The average Bonchev–Trinajstić information content (AvgIpc) is 3.21. The van der Waals surface area contributed by atoms with Crippen LogP contribution in [0.5, 0.6) is 0 Å². The summed E-state index contributed by atoms with van der Waals surface area (Å²) in [4.78, 5) is 22.0. The normalized spacial score (nSPS) is 14.3. The number of nitro groups is 1. The van der Waals surface area contributed by atoms with E-state index < -0.39 is 4.92 Å². The van der Waals surface area contributed by atoms with Gasteiger partial charge in [-0.15, -0.1) is 5.10 Å². The van der Waals surface area contributed by atoms with Gasteiger partial charge in [0.05, 0.1) is 4.92 Å². The van der Waals surface area contributed by atoms with Crippen molar-refractivity contribution in [2.45, 2.75) is 29.8 Å². The largest absolute Gasteiger partial charge is 0.393 e. The number of nitrogen functional groups attached to an aromatic ring is 1. The van der Waals surface area contributed by atoms with Crippen LogP contribution in [0.2, 0.25) is 0 Å². The molecule has 9 heteroatoms. The Bertz CT molecular complexity index is 750. The first-order valence-corrected chi connectivity index (χ1v) is 7.38. The first kappa shape index (κ1) is 13.7. The second-order valence-electron chi connectivity index (χ2n) is 4.81. The molecule has 21 heavy (non-hydrogen) atoms. The molecule has 1 aromatic heterocycles. The first-order chi connectivity index (χ1) is 10.1. The Morgan fingerprint density at radius 1 is 1.52 bits per heavy atom. The molecule has 0 saturated heterocycles. The van der Waals surface area contributed by atoms with Crippen molar-refractivity contribution in [2.75, 3.05) is 5.73 Å². The lowest BCUT2D eigenvalue weighted by molar-refractivity contribution is -0.383. The Labute approximate surface area is 123 Å². The number of nitrogens with zero attached hydrogens (tertiary/aromatic N) is 3. The van der Waals surface area contributed by atoms with Crippen LogP contribution in [0, 0.1) is 10.1 Å². The number of hydrogen-bond acceptors (Lipinski definition) is 6. The van der Waals surface area contributed by atoms with Gasteiger partial charge in [-0.2, -0.15) is 0 Å². The molecule has 3 rings (SSSR count). The van der Waals surface area contributed by atoms with Gasteiger partial charge in [0.1, 0.15) is 5.69 Å². The topological polar surface area (TPSA) is 120 Å². The van der Waals surface area contributed by atoms with Crippen molar-refractivity contribution >= 4 is 23.1 Å². The minimum Gasteiger partial charge on any atom is -0.393 e. The second kappa shape index (κ2) is 5.24. The molecule has 1 saturated carbocycles. The van der Waals surface area contributed by atoms with Gasteiger partial charge in [0.2, 0.25) is 0 Å². The van der Waals surface area contributed by atoms with Crippen molar-refractivity contribution in [1.82, 2.24) is 14.8 Å². The molecule has 2 aromatic rings. The molecule has 1 aliphatic rings. The predicted octanol–water partition coefficient (Wildman–Crippen LogP) is 1.69. The minimum atomic E-state index is -0.502. The third-order valence-corrected chi connectivity index (χ3v) is 4.31. The summed E-state index contributed by atoms with van der Waals surface area (Å²) in [7, 11) is 0. The van der Waals surface area contributed by atoms with Crippen molar-refractivity contribution in [3.05, 3.63) is 44.4 Å². The highest BCUT2D eigenvalue weighted by Crippen LogP contribution is 2.37. The third kappa shape index (κ3) is 2.64. The second-order valence-corrected chi connectivity index (χ2v) is 5.75. The van der Waals surface area contributed by atoms with E-state index in [4.69, 9.17) is 5.73 Å². The molecule has 1 fully saturated rings. The molecule has 0 unspecified atom stereocenters. The number of rotatable bonds is 5. The van der Waals surface area contributed by atoms with E-state index in [1.165, 1.54) is 17.8 Å². The number of thioether (sulfide) groups is 1. The molecule has 1 aliphatic carbocycles. The number of H-pyrrole nitrogens is 1. The molecular formula is C12H13N5O3S. The van der Waals surface area contributed by atoms with E-state index in [0.717, 1.165) is 12.8 Å². The summed E-state index contributed by atoms with van der Waals surface area (Å²) in [6.45, 7) is 0. The maximum absolute atomic E-state index is 11.7. The van der Waals surface area contributed by atoms with E-state index in [0.29, 0.717) is 16.5 Å². The number of nitrogens with one attached hydrogen (secondary N) is 1. The maximum atomic E-state index is 11.7. The number of aromatic amines is 1. The fourth-order valence-corrected chi connectivity index (χ4v) is 3.09. The Morgan fingerprint density at radius 3 is 2.95 bits per heavy atom. The lowest BCUT2D eigenvalue weighted by Gasteiger charge is -2.06.